The van der Waals surface area contributed by atoms with Crippen LogP contribution < -0.4 is 0 Å². The van der Waals surface area contributed by atoms with Gasteiger partial charge in [-0.25, -0.2) is 0 Å². The summed E-state index contributed by atoms with van der Waals surface area (Å²) in [5.41, 5.74) is 5.70. The maximum absolute atomic E-state index is 4.61. The molecule has 0 amide bonds. The van der Waals surface area contributed by atoms with Gasteiger partial charge in [0.1, 0.15) is 0 Å². The topological polar surface area (TPSA) is 0 Å². The zero-order valence-electron chi connectivity index (χ0n) is 11.1. The number of rotatable bonds is 5. The summed E-state index contributed by atoms with van der Waals surface area (Å²) in [6.45, 7) is 8.87. The summed E-state index contributed by atoms with van der Waals surface area (Å²) in [6.07, 6.45) is 6.48. The second-order valence-electron chi connectivity index (χ2n) is 4.75. The molecule has 0 saturated carbocycles. The third-order valence-corrected chi connectivity index (χ3v) is 3.95. The van der Waals surface area contributed by atoms with Crippen LogP contribution in [-0.4, -0.2) is 0 Å². The van der Waals surface area contributed by atoms with Crippen molar-refractivity contribution >= 4 is 12.6 Å². The van der Waals surface area contributed by atoms with Gasteiger partial charge in [0.2, 0.25) is 0 Å². The molecule has 0 unspecified atom stereocenters. The molecule has 0 aliphatic rings. The van der Waals surface area contributed by atoms with Crippen molar-refractivity contribution in [2.45, 2.75) is 64.7 Å². The highest BCUT2D eigenvalue weighted by molar-refractivity contribution is 7.80. The SMILES string of the molecule is CCCCCCc1c(S)cc(C)c(C)c1C. The predicted molar refractivity (Wildman–Crippen MR) is 75.8 cm³/mol. The summed E-state index contributed by atoms with van der Waals surface area (Å²) in [5.74, 6) is 0. The molecule has 0 heterocycles. The zero-order valence-corrected chi connectivity index (χ0v) is 12.0. The van der Waals surface area contributed by atoms with Crippen molar-refractivity contribution in [3.63, 3.8) is 0 Å². The molecule has 0 N–H and O–H groups in total. The van der Waals surface area contributed by atoms with Gasteiger partial charge in [-0.05, 0) is 61.9 Å². The zero-order chi connectivity index (χ0) is 12.1. The van der Waals surface area contributed by atoms with E-state index in [0.717, 1.165) is 0 Å². The summed E-state index contributed by atoms with van der Waals surface area (Å²) in [4.78, 5) is 1.18. The van der Waals surface area contributed by atoms with E-state index < -0.39 is 0 Å². The summed E-state index contributed by atoms with van der Waals surface area (Å²) in [7, 11) is 0. The van der Waals surface area contributed by atoms with E-state index in [1.807, 2.05) is 0 Å². The minimum Gasteiger partial charge on any atom is -0.143 e. The largest absolute Gasteiger partial charge is 0.143 e. The lowest BCUT2D eigenvalue weighted by molar-refractivity contribution is 0.661. The lowest BCUT2D eigenvalue weighted by atomic mass is 9.95. The Balaban J connectivity index is 2.76. The third kappa shape index (κ3) is 3.28. The van der Waals surface area contributed by atoms with Crippen molar-refractivity contribution < 1.29 is 0 Å². The first-order chi connectivity index (χ1) is 7.57. The van der Waals surface area contributed by atoms with Gasteiger partial charge < -0.3 is 0 Å². The molecule has 0 nitrogen and oxygen atoms in total. The van der Waals surface area contributed by atoms with Gasteiger partial charge in [0.05, 0.1) is 0 Å². The summed E-state index contributed by atoms with van der Waals surface area (Å²) < 4.78 is 0. The maximum atomic E-state index is 4.61. The number of hydrogen-bond acceptors (Lipinski definition) is 1. The second-order valence-corrected chi connectivity index (χ2v) is 5.23. The number of hydrogen-bond donors (Lipinski definition) is 1. The molecule has 1 aromatic carbocycles. The van der Waals surface area contributed by atoms with Crippen molar-refractivity contribution in [2.75, 3.05) is 0 Å². The standard InChI is InChI=1S/C15H24S/c1-5-6-7-8-9-14-13(4)12(3)11(2)10-15(14)16/h10,16H,5-9H2,1-4H3. The smallest absolute Gasteiger partial charge is 0.00775 e. The van der Waals surface area contributed by atoms with Gasteiger partial charge in [0.15, 0.2) is 0 Å². The Morgan fingerprint density at radius 1 is 1.00 bits per heavy atom. The molecule has 16 heavy (non-hydrogen) atoms. The average molecular weight is 236 g/mol. The molecule has 0 saturated heterocycles. The average Bonchev–Trinajstić information content (AvgIpc) is 2.25. The van der Waals surface area contributed by atoms with Crippen LogP contribution in [0.2, 0.25) is 0 Å². The number of thiol groups is 1. The van der Waals surface area contributed by atoms with Gasteiger partial charge >= 0.3 is 0 Å². The van der Waals surface area contributed by atoms with Crippen LogP contribution >= 0.6 is 12.6 Å². The molecule has 1 aromatic rings. The molecule has 0 atom stereocenters. The van der Waals surface area contributed by atoms with Gasteiger partial charge in [-0.15, -0.1) is 12.6 Å². The Labute approximate surface area is 106 Å². The van der Waals surface area contributed by atoms with Crippen LogP contribution in [-0.2, 0) is 6.42 Å². The van der Waals surface area contributed by atoms with Crippen molar-refractivity contribution in [1.29, 1.82) is 0 Å². The Bertz CT molecular complexity index is 353. The monoisotopic (exact) mass is 236 g/mol. The van der Waals surface area contributed by atoms with Gasteiger partial charge in [-0.3, -0.25) is 0 Å². The van der Waals surface area contributed by atoms with E-state index >= 15 is 0 Å². The first kappa shape index (κ1) is 13.6. The van der Waals surface area contributed by atoms with Crippen molar-refractivity contribution in [3.05, 3.63) is 28.3 Å². The van der Waals surface area contributed by atoms with Crippen LogP contribution in [0.3, 0.4) is 0 Å². The predicted octanol–water partition coefficient (Wildman–Crippen LogP) is 5.02. The number of unbranched alkanes of at least 4 members (excludes halogenated alkanes) is 3. The lowest BCUT2D eigenvalue weighted by Crippen LogP contribution is -1.97. The molecule has 0 aliphatic carbocycles. The highest BCUT2D eigenvalue weighted by Crippen LogP contribution is 2.26. The van der Waals surface area contributed by atoms with Crippen molar-refractivity contribution in [3.8, 4) is 0 Å². The van der Waals surface area contributed by atoms with E-state index in [2.05, 4.69) is 46.4 Å². The molecular formula is C15H24S. The maximum Gasteiger partial charge on any atom is 0.00775 e. The molecule has 0 bridgehead atoms. The van der Waals surface area contributed by atoms with Crippen LogP contribution in [0.5, 0.6) is 0 Å². The quantitative estimate of drug-likeness (QED) is 0.538. The van der Waals surface area contributed by atoms with Crippen LogP contribution in [0, 0.1) is 20.8 Å². The lowest BCUT2D eigenvalue weighted by Gasteiger charge is -2.14. The van der Waals surface area contributed by atoms with E-state index in [0.29, 0.717) is 0 Å². The highest BCUT2D eigenvalue weighted by Gasteiger charge is 2.07. The molecule has 0 fully saturated rings. The Morgan fingerprint density at radius 2 is 1.69 bits per heavy atom. The van der Waals surface area contributed by atoms with E-state index in [-0.39, 0.29) is 0 Å². The Hall–Kier alpha value is -0.430. The molecule has 1 rings (SSSR count). The fraction of sp³-hybridized carbons (Fsp3) is 0.600. The molecule has 90 valence electrons. The fourth-order valence-electron chi connectivity index (χ4n) is 2.16. The summed E-state index contributed by atoms with van der Waals surface area (Å²) in [6, 6.07) is 2.21. The molecule has 0 spiro atoms. The van der Waals surface area contributed by atoms with E-state index in [9.17, 15) is 0 Å². The third-order valence-electron chi connectivity index (χ3n) is 3.55. The van der Waals surface area contributed by atoms with Crippen LogP contribution in [0.15, 0.2) is 11.0 Å². The molecule has 1 heteroatoms. The Kier molecular flexibility index (Phi) is 5.40. The molecule has 0 radical (unpaired) electrons. The number of aryl methyl sites for hydroxylation is 1. The van der Waals surface area contributed by atoms with Crippen LogP contribution in [0.4, 0.5) is 0 Å². The van der Waals surface area contributed by atoms with E-state index in [4.69, 9.17) is 0 Å². The van der Waals surface area contributed by atoms with Gasteiger partial charge in [-0.1, -0.05) is 26.2 Å². The van der Waals surface area contributed by atoms with E-state index in [1.165, 1.54) is 59.3 Å². The van der Waals surface area contributed by atoms with Gasteiger partial charge in [0, 0.05) is 4.90 Å². The molecule has 0 aromatic heterocycles. The first-order valence-corrected chi connectivity index (χ1v) is 6.81. The number of benzene rings is 1. The minimum absolute atomic E-state index is 1.18. The van der Waals surface area contributed by atoms with Crippen LogP contribution in [0.1, 0.15) is 54.9 Å². The van der Waals surface area contributed by atoms with Gasteiger partial charge in [0.25, 0.3) is 0 Å². The van der Waals surface area contributed by atoms with Crippen molar-refractivity contribution in [1.82, 2.24) is 0 Å². The highest BCUT2D eigenvalue weighted by atomic mass is 32.1. The fourth-order valence-corrected chi connectivity index (χ4v) is 2.63. The second kappa shape index (κ2) is 6.34. The molecule has 0 aliphatic heterocycles. The normalized spacial score (nSPS) is 10.8. The van der Waals surface area contributed by atoms with E-state index in [1.54, 1.807) is 0 Å². The van der Waals surface area contributed by atoms with Gasteiger partial charge in [-0.2, -0.15) is 0 Å². The summed E-state index contributed by atoms with van der Waals surface area (Å²) >= 11 is 4.61. The van der Waals surface area contributed by atoms with Crippen molar-refractivity contribution in [2.24, 2.45) is 0 Å². The Morgan fingerprint density at radius 3 is 2.31 bits per heavy atom. The minimum atomic E-state index is 1.18. The van der Waals surface area contributed by atoms with Crippen LogP contribution in [0.25, 0.3) is 0 Å². The molecular weight excluding hydrogens is 212 g/mol. The first-order valence-electron chi connectivity index (χ1n) is 6.36. The summed E-state index contributed by atoms with van der Waals surface area (Å²) in [5, 5.41) is 0.